The van der Waals surface area contributed by atoms with E-state index in [4.69, 9.17) is 25.3 Å². The molecule has 6 aliphatic carbocycles. The van der Waals surface area contributed by atoms with E-state index in [1.54, 1.807) is 0 Å². The SMILES string of the molecule is CC1([S-])CCC2CC1C2(C)C.CC1([S-])CCC2CC1C2(C)C.[Pt+2]. The van der Waals surface area contributed by atoms with Crippen molar-refractivity contribution in [2.24, 2.45) is 34.5 Å². The molecule has 0 aromatic rings. The van der Waals surface area contributed by atoms with Crippen LogP contribution in [-0.2, 0) is 46.3 Å². The maximum atomic E-state index is 5.60. The van der Waals surface area contributed by atoms with Crippen molar-refractivity contribution in [3.8, 4) is 0 Å². The molecule has 0 aliphatic heterocycles. The number of hydrogen-bond donors (Lipinski definition) is 0. The molecule has 0 N–H and O–H groups in total. The zero-order chi connectivity index (χ0) is 16.6. The van der Waals surface area contributed by atoms with Gasteiger partial charge in [-0.2, -0.15) is 9.49 Å². The molecular weight excluding hydrogens is 499 g/mol. The van der Waals surface area contributed by atoms with Gasteiger partial charge in [-0.25, -0.2) is 0 Å². The molecule has 6 fully saturated rings. The molecule has 6 aliphatic rings. The fraction of sp³-hybridized carbons (Fsp3) is 1.00. The maximum absolute atomic E-state index is 5.60. The van der Waals surface area contributed by atoms with Crippen molar-refractivity contribution >= 4 is 25.3 Å². The molecule has 3 heteroatoms. The first kappa shape index (κ1) is 20.7. The van der Waals surface area contributed by atoms with E-state index in [-0.39, 0.29) is 30.6 Å². The summed E-state index contributed by atoms with van der Waals surface area (Å²) >= 11 is 11.2. The first-order chi connectivity index (χ1) is 9.89. The van der Waals surface area contributed by atoms with Crippen LogP contribution in [0.25, 0.3) is 0 Å². The molecule has 0 aromatic carbocycles. The van der Waals surface area contributed by atoms with Crippen LogP contribution in [0.5, 0.6) is 0 Å². The van der Waals surface area contributed by atoms with Crippen molar-refractivity contribution in [2.45, 2.75) is 89.6 Å². The number of rotatable bonds is 0. The van der Waals surface area contributed by atoms with Crippen LogP contribution in [0.2, 0.25) is 0 Å². The normalized spacial score (nSPS) is 51.1. The van der Waals surface area contributed by atoms with Gasteiger partial charge in [0.05, 0.1) is 0 Å². The fourth-order valence-electron chi connectivity index (χ4n) is 6.35. The van der Waals surface area contributed by atoms with Crippen LogP contribution in [-0.4, -0.2) is 9.49 Å². The van der Waals surface area contributed by atoms with Gasteiger partial charge in [0.2, 0.25) is 0 Å². The Morgan fingerprint density at radius 2 is 0.957 bits per heavy atom. The molecule has 6 unspecified atom stereocenters. The van der Waals surface area contributed by atoms with Crippen LogP contribution >= 0.6 is 0 Å². The van der Waals surface area contributed by atoms with E-state index in [2.05, 4.69) is 41.5 Å². The van der Waals surface area contributed by atoms with Crippen LogP contribution in [0.4, 0.5) is 0 Å². The molecular formula is C20H34PtS2. The van der Waals surface area contributed by atoms with Crippen molar-refractivity contribution in [2.75, 3.05) is 0 Å². The van der Waals surface area contributed by atoms with Crippen LogP contribution in [0, 0.1) is 34.5 Å². The van der Waals surface area contributed by atoms with Crippen LogP contribution in [0.15, 0.2) is 0 Å². The zero-order valence-electron chi connectivity index (χ0n) is 15.7. The van der Waals surface area contributed by atoms with E-state index in [0.29, 0.717) is 10.8 Å². The largest absolute Gasteiger partial charge is 2.00 e. The average Bonchev–Trinajstić information content (AvgIpc) is 2.36. The van der Waals surface area contributed by atoms with E-state index in [1.807, 2.05) is 0 Å². The van der Waals surface area contributed by atoms with Gasteiger partial charge in [-0.1, -0.05) is 79.1 Å². The Labute approximate surface area is 169 Å². The Morgan fingerprint density at radius 3 is 1.09 bits per heavy atom. The van der Waals surface area contributed by atoms with Gasteiger partial charge < -0.3 is 25.3 Å². The van der Waals surface area contributed by atoms with Gasteiger partial charge in [0, 0.05) is 0 Å². The summed E-state index contributed by atoms with van der Waals surface area (Å²) in [5.41, 5.74) is 1.13. The molecule has 6 saturated carbocycles. The Morgan fingerprint density at radius 1 is 0.652 bits per heavy atom. The van der Waals surface area contributed by atoms with Gasteiger partial charge in [-0.3, -0.25) is 0 Å². The Bertz CT molecular complexity index is 391. The van der Waals surface area contributed by atoms with Crippen molar-refractivity contribution in [1.29, 1.82) is 0 Å². The van der Waals surface area contributed by atoms with Crippen molar-refractivity contribution in [3.63, 3.8) is 0 Å². The molecule has 6 atom stereocenters. The van der Waals surface area contributed by atoms with Gasteiger partial charge >= 0.3 is 21.1 Å². The van der Waals surface area contributed by atoms with Crippen LogP contribution in [0.3, 0.4) is 0 Å². The third kappa shape index (κ3) is 3.25. The van der Waals surface area contributed by atoms with E-state index in [1.165, 1.54) is 38.5 Å². The molecule has 0 radical (unpaired) electrons. The van der Waals surface area contributed by atoms with E-state index >= 15 is 0 Å². The van der Waals surface area contributed by atoms with Crippen LogP contribution < -0.4 is 0 Å². The smallest absolute Gasteiger partial charge is 0.786 e. The molecule has 0 nitrogen and oxygen atoms in total. The van der Waals surface area contributed by atoms with E-state index in [0.717, 1.165) is 23.7 Å². The standard InChI is InChI=1S/2C10H18S.Pt/c2*1-9(2)7-4-5-10(3,11)8(9)6-7;/h2*7-8,11H,4-6H2,1-3H3;/q;;+2/p-2. The van der Waals surface area contributed by atoms with E-state index in [9.17, 15) is 0 Å². The number of hydrogen-bond acceptors (Lipinski definition) is 2. The second-order valence-corrected chi connectivity index (χ2v) is 12.2. The first-order valence-corrected chi connectivity index (χ1v) is 10.1. The summed E-state index contributed by atoms with van der Waals surface area (Å²) in [4.78, 5) is 0. The van der Waals surface area contributed by atoms with Gasteiger partial charge in [0.15, 0.2) is 0 Å². The molecule has 0 spiro atoms. The molecule has 0 aromatic heterocycles. The second-order valence-electron chi connectivity index (χ2n) is 10.3. The minimum atomic E-state index is 0. The summed E-state index contributed by atoms with van der Waals surface area (Å²) < 4.78 is 0.441. The van der Waals surface area contributed by atoms with E-state index < -0.39 is 0 Å². The van der Waals surface area contributed by atoms with Gasteiger partial charge in [0.25, 0.3) is 0 Å². The minimum Gasteiger partial charge on any atom is -0.786 e. The summed E-state index contributed by atoms with van der Waals surface area (Å²) in [5, 5.41) is 0. The van der Waals surface area contributed by atoms with Crippen molar-refractivity contribution in [1.82, 2.24) is 0 Å². The average molecular weight is 534 g/mol. The molecule has 23 heavy (non-hydrogen) atoms. The maximum Gasteiger partial charge on any atom is 2.00 e. The molecule has 0 amide bonds. The summed E-state index contributed by atoms with van der Waals surface area (Å²) in [5.74, 6) is 3.62. The molecule has 6 rings (SSSR count). The second kappa shape index (κ2) is 6.23. The molecule has 136 valence electrons. The summed E-state index contributed by atoms with van der Waals surface area (Å²) in [6.07, 6.45) is 8.13. The predicted molar refractivity (Wildman–Crippen MR) is 101 cm³/mol. The topological polar surface area (TPSA) is 0 Å². The Balaban J connectivity index is 0.000000160. The minimum absolute atomic E-state index is 0. The number of fused-ring (bicyclic) bond motifs is 4. The Kier molecular flexibility index (Phi) is 5.60. The molecule has 0 heterocycles. The molecule has 4 bridgehead atoms. The van der Waals surface area contributed by atoms with Crippen molar-refractivity contribution < 1.29 is 21.1 Å². The fourth-order valence-corrected chi connectivity index (χ4v) is 7.39. The first-order valence-electron chi connectivity index (χ1n) is 9.30. The zero-order valence-corrected chi connectivity index (χ0v) is 19.6. The van der Waals surface area contributed by atoms with Gasteiger partial charge in [0.1, 0.15) is 0 Å². The summed E-state index contributed by atoms with van der Waals surface area (Å²) in [6.45, 7) is 14.1. The molecule has 0 saturated heterocycles. The summed E-state index contributed by atoms with van der Waals surface area (Å²) in [6, 6.07) is 0. The van der Waals surface area contributed by atoms with Gasteiger partial charge in [-0.15, -0.1) is 0 Å². The monoisotopic (exact) mass is 533 g/mol. The van der Waals surface area contributed by atoms with Crippen molar-refractivity contribution in [3.05, 3.63) is 0 Å². The quantitative estimate of drug-likeness (QED) is 0.378. The van der Waals surface area contributed by atoms with Crippen LogP contribution in [0.1, 0.15) is 80.1 Å². The summed E-state index contributed by atoms with van der Waals surface area (Å²) in [7, 11) is 0. The Hall–Kier alpha value is 1.39. The van der Waals surface area contributed by atoms with Gasteiger partial charge in [-0.05, 0) is 35.5 Å². The third-order valence-corrected chi connectivity index (χ3v) is 9.37. The predicted octanol–water partition coefficient (Wildman–Crippen LogP) is 5.49. The third-order valence-electron chi connectivity index (χ3n) is 8.39.